The summed E-state index contributed by atoms with van der Waals surface area (Å²) in [5, 5.41) is 7.52. The number of aromatic nitrogens is 3. The lowest BCUT2D eigenvalue weighted by Crippen LogP contribution is -1.98. The Bertz CT molecular complexity index is 3120. The van der Waals surface area contributed by atoms with Gasteiger partial charge in [0.2, 0.25) is 0 Å². The molecule has 0 radical (unpaired) electrons. The number of benzene rings is 8. The van der Waals surface area contributed by atoms with Crippen LogP contribution in [0.1, 0.15) is 0 Å². The Labute approximate surface area is 294 Å². The second-order valence-electron chi connectivity index (χ2n) is 13.4. The van der Waals surface area contributed by atoms with Gasteiger partial charge < -0.3 is 13.7 Å². The SMILES string of the molecule is c1ccc(-n2c3ccccc3c3cc(-c4cccc(-n5c6ccccc6c6ccc7c8ccccc8n(-c8ccccc8)c7c65)c4)ccc32)cc1. The number of rotatable bonds is 4. The van der Waals surface area contributed by atoms with Gasteiger partial charge in [-0.3, -0.25) is 0 Å². The zero-order valence-corrected chi connectivity index (χ0v) is 27.7. The molecule has 0 fully saturated rings. The van der Waals surface area contributed by atoms with Crippen LogP contribution in [0, 0.1) is 0 Å². The lowest BCUT2D eigenvalue weighted by atomic mass is 10.0. The van der Waals surface area contributed by atoms with Crippen molar-refractivity contribution < 1.29 is 0 Å². The molecule has 11 rings (SSSR count). The Morgan fingerprint density at radius 1 is 0.235 bits per heavy atom. The van der Waals surface area contributed by atoms with E-state index in [0.29, 0.717) is 0 Å². The van der Waals surface area contributed by atoms with Crippen LogP contribution >= 0.6 is 0 Å². The molecule has 3 aromatic heterocycles. The van der Waals surface area contributed by atoms with Gasteiger partial charge in [-0.1, -0.05) is 121 Å². The predicted octanol–water partition coefficient (Wildman–Crippen LogP) is 12.6. The second kappa shape index (κ2) is 10.8. The molecule has 0 aliphatic rings. The van der Waals surface area contributed by atoms with E-state index in [1.165, 1.54) is 82.2 Å². The van der Waals surface area contributed by atoms with E-state index in [2.05, 4.69) is 202 Å². The summed E-state index contributed by atoms with van der Waals surface area (Å²) in [6, 6.07) is 68.4. The average molecular weight is 650 g/mol. The lowest BCUT2D eigenvalue weighted by Gasteiger charge is -2.14. The molecule has 0 unspecified atom stereocenters. The van der Waals surface area contributed by atoms with Gasteiger partial charge in [-0.2, -0.15) is 0 Å². The van der Waals surface area contributed by atoms with Crippen LogP contribution in [-0.4, -0.2) is 13.7 Å². The second-order valence-corrected chi connectivity index (χ2v) is 13.4. The molecule has 11 aromatic rings. The third kappa shape index (κ3) is 4.06. The number of fused-ring (bicyclic) bond motifs is 10. The fourth-order valence-electron chi connectivity index (χ4n) is 8.45. The molecule has 0 bridgehead atoms. The molecule has 0 atom stereocenters. The van der Waals surface area contributed by atoms with Crippen LogP contribution in [0.4, 0.5) is 0 Å². The van der Waals surface area contributed by atoms with Crippen molar-refractivity contribution in [2.45, 2.75) is 0 Å². The number of hydrogen-bond acceptors (Lipinski definition) is 0. The number of hydrogen-bond donors (Lipinski definition) is 0. The highest BCUT2D eigenvalue weighted by atomic mass is 15.0. The zero-order chi connectivity index (χ0) is 33.5. The van der Waals surface area contributed by atoms with Crippen molar-refractivity contribution in [2.24, 2.45) is 0 Å². The summed E-state index contributed by atoms with van der Waals surface area (Å²) in [4.78, 5) is 0. The summed E-state index contributed by atoms with van der Waals surface area (Å²) >= 11 is 0. The van der Waals surface area contributed by atoms with E-state index in [4.69, 9.17) is 0 Å². The molecular formula is C48H31N3. The van der Waals surface area contributed by atoms with Gasteiger partial charge in [0, 0.05) is 49.4 Å². The molecule has 0 N–H and O–H groups in total. The predicted molar refractivity (Wildman–Crippen MR) is 215 cm³/mol. The van der Waals surface area contributed by atoms with E-state index < -0.39 is 0 Å². The van der Waals surface area contributed by atoms with Gasteiger partial charge in [0.05, 0.1) is 33.1 Å². The fraction of sp³-hybridized carbons (Fsp3) is 0. The molecule has 51 heavy (non-hydrogen) atoms. The van der Waals surface area contributed by atoms with Crippen molar-refractivity contribution in [1.29, 1.82) is 0 Å². The third-order valence-electron chi connectivity index (χ3n) is 10.6. The maximum atomic E-state index is 2.48. The molecule has 0 spiro atoms. The smallest absolute Gasteiger partial charge is 0.0788 e. The van der Waals surface area contributed by atoms with E-state index in [0.717, 1.165) is 11.4 Å². The normalized spacial score (nSPS) is 11.9. The van der Waals surface area contributed by atoms with Crippen molar-refractivity contribution in [2.75, 3.05) is 0 Å². The highest BCUT2D eigenvalue weighted by Crippen LogP contribution is 2.42. The van der Waals surface area contributed by atoms with Crippen LogP contribution in [0.3, 0.4) is 0 Å². The Hall–Kier alpha value is -6.84. The first-order valence-corrected chi connectivity index (χ1v) is 17.5. The van der Waals surface area contributed by atoms with Crippen molar-refractivity contribution in [3.8, 4) is 28.2 Å². The van der Waals surface area contributed by atoms with E-state index in [1.54, 1.807) is 0 Å². The minimum Gasteiger partial charge on any atom is -0.309 e. The maximum absolute atomic E-state index is 2.48. The molecule has 0 amide bonds. The quantitative estimate of drug-likeness (QED) is 0.180. The minimum absolute atomic E-state index is 1.14. The highest BCUT2D eigenvalue weighted by Gasteiger charge is 2.21. The van der Waals surface area contributed by atoms with Crippen molar-refractivity contribution in [3.63, 3.8) is 0 Å². The zero-order valence-electron chi connectivity index (χ0n) is 27.7. The van der Waals surface area contributed by atoms with Crippen LogP contribution in [0.5, 0.6) is 0 Å². The van der Waals surface area contributed by atoms with Crippen LogP contribution < -0.4 is 0 Å². The topological polar surface area (TPSA) is 14.8 Å². The van der Waals surface area contributed by atoms with Crippen molar-refractivity contribution in [1.82, 2.24) is 13.7 Å². The first kappa shape index (κ1) is 28.0. The Morgan fingerprint density at radius 3 is 1.27 bits per heavy atom. The van der Waals surface area contributed by atoms with Gasteiger partial charge in [0.1, 0.15) is 0 Å². The highest BCUT2D eigenvalue weighted by molar-refractivity contribution is 6.24. The van der Waals surface area contributed by atoms with E-state index in [-0.39, 0.29) is 0 Å². The number of nitrogens with zero attached hydrogens (tertiary/aromatic N) is 3. The van der Waals surface area contributed by atoms with Gasteiger partial charge in [0.15, 0.2) is 0 Å². The Morgan fingerprint density at radius 2 is 0.667 bits per heavy atom. The summed E-state index contributed by atoms with van der Waals surface area (Å²) in [6.07, 6.45) is 0. The average Bonchev–Trinajstić information content (AvgIpc) is 3.84. The molecule has 8 aromatic carbocycles. The maximum Gasteiger partial charge on any atom is 0.0788 e. The van der Waals surface area contributed by atoms with Crippen molar-refractivity contribution in [3.05, 3.63) is 188 Å². The van der Waals surface area contributed by atoms with Gasteiger partial charge in [0.25, 0.3) is 0 Å². The van der Waals surface area contributed by atoms with Crippen LogP contribution in [0.25, 0.3) is 93.6 Å². The van der Waals surface area contributed by atoms with Crippen LogP contribution in [0.2, 0.25) is 0 Å². The summed E-state index contributed by atoms with van der Waals surface area (Å²) in [5.74, 6) is 0. The van der Waals surface area contributed by atoms with Gasteiger partial charge in [-0.15, -0.1) is 0 Å². The molecule has 0 saturated carbocycles. The molecule has 3 heteroatoms. The monoisotopic (exact) mass is 649 g/mol. The lowest BCUT2D eigenvalue weighted by molar-refractivity contribution is 1.15. The van der Waals surface area contributed by atoms with Gasteiger partial charge in [-0.25, -0.2) is 0 Å². The fourth-order valence-corrected chi connectivity index (χ4v) is 8.45. The van der Waals surface area contributed by atoms with Gasteiger partial charge in [-0.05, 0) is 77.9 Å². The summed E-state index contributed by atoms with van der Waals surface area (Å²) in [7, 11) is 0. The van der Waals surface area contributed by atoms with Gasteiger partial charge >= 0.3 is 0 Å². The molecule has 0 saturated heterocycles. The third-order valence-corrected chi connectivity index (χ3v) is 10.6. The first-order chi connectivity index (χ1) is 25.3. The minimum atomic E-state index is 1.14. The van der Waals surface area contributed by atoms with Crippen LogP contribution in [-0.2, 0) is 0 Å². The summed E-state index contributed by atoms with van der Waals surface area (Å²) in [5.41, 5.74) is 13.1. The van der Waals surface area contributed by atoms with E-state index in [9.17, 15) is 0 Å². The molecular weight excluding hydrogens is 619 g/mol. The van der Waals surface area contributed by atoms with E-state index >= 15 is 0 Å². The molecule has 0 aliphatic carbocycles. The van der Waals surface area contributed by atoms with Crippen molar-refractivity contribution >= 4 is 65.4 Å². The molecule has 3 heterocycles. The molecule has 0 aliphatic heterocycles. The number of para-hydroxylation sites is 5. The Balaban J connectivity index is 1.19. The molecule has 3 nitrogen and oxygen atoms in total. The molecule has 238 valence electrons. The standard InChI is InChI=1S/C48H31N3/c1-3-15-34(16-4-1)49-43-23-10-9-22-39(43)42-31-33(26-29-46(42)49)32-14-13-19-36(30-32)51-45-25-12-8-21-38(45)41-28-27-40-37-20-7-11-24-44(37)50(47(40)48(41)51)35-17-5-2-6-18-35/h1-31H. The van der Waals surface area contributed by atoms with Crippen LogP contribution in [0.15, 0.2) is 188 Å². The van der Waals surface area contributed by atoms with E-state index in [1.807, 2.05) is 0 Å². The summed E-state index contributed by atoms with van der Waals surface area (Å²) < 4.78 is 7.30. The first-order valence-electron chi connectivity index (χ1n) is 17.5. The summed E-state index contributed by atoms with van der Waals surface area (Å²) in [6.45, 7) is 0. The largest absolute Gasteiger partial charge is 0.309 e. The Kier molecular flexibility index (Phi) is 5.96.